The molecule has 0 saturated carbocycles. The Morgan fingerprint density at radius 3 is 2.82 bits per heavy atom. The Kier molecular flexibility index (Phi) is 4.62. The molecular formula is C9H10N2O4S2. The summed E-state index contributed by atoms with van der Waals surface area (Å²) in [5.74, 6) is -0.489. The third-order valence-corrected chi connectivity index (χ3v) is 4.75. The fourth-order valence-electron chi connectivity index (χ4n) is 0.985. The Morgan fingerprint density at radius 2 is 2.29 bits per heavy atom. The topological polar surface area (TPSA) is 96.3 Å². The molecule has 1 rings (SSSR count). The van der Waals surface area contributed by atoms with E-state index in [1.165, 1.54) is 19.2 Å². The van der Waals surface area contributed by atoms with Crippen molar-refractivity contribution >= 4 is 27.3 Å². The molecule has 0 spiro atoms. The molecule has 0 aliphatic rings. The van der Waals surface area contributed by atoms with E-state index >= 15 is 0 Å². The average Bonchev–Trinajstić information content (AvgIpc) is 2.77. The van der Waals surface area contributed by atoms with E-state index in [-0.39, 0.29) is 17.2 Å². The zero-order chi connectivity index (χ0) is 12.9. The van der Waals surface area contributed by atoms with Gasteiger partial charge >= 0.3 is 5.97 Å². The highest BCUT2D eigenvalue weighted by molar-refractivity contribution is 7.91. The first-order valence-corrected chi connectivity index (χ1v) is 6.86. The lowest BCUT2D eigenvalue weighted by Gasteiger charge is -2.03. The van der Waals surface area contributed by atoms with Crippen molar-refractivity contribution in [3.63, 3.8) is 0 Å². The Balaban J connectivity index is 2.63. The van der Waals surface area contributed by atoms with Crippen molar-refractivity contribution in [1.29, 1.82) is 5.26 Å². The Bertz CT molecular complexity index is 542. The highest BCUT2D eigenvalue weighted by Gasteiger charge is 2.16. The zero-order valence-corrected chi connectivity index (χ0v) is 10.6. The first kappa shape index (κ1) is 13.6. The summed E-state index contributed by atoms with van der Waals surface area (Å²) in [6.07, 6.45) is -0.0355. The van der Waals surface area contributed by atoms with E-state index in [0.29, 0.717) is 4.88 Å². The maximum absolute atomic E-state index is 11.7. The van der Waals surface area contributed by atoms with Crippen LogP contribution < -0.4 is 4.72 Å². The molecule has 0 unspecified atom stereocenters. The van der Waals surface area contributed by atoms with Crippen LogP contribution in [-0.2, 0) is 19.6 Å². The van der Waals surface area contributed by atoms with Crippen molar-refractivity contribution < 1.29 is 17.9 Å². The van der Waals surface area contributed by atoms with Gasteiger partial charge in [-0.05, 0) is 12.1 Å². The lowest BCUT2D eigenvalue weighted by Crippen LogP contribution is -2.25. The summed E-state index contributed by atoms with van der Waals surface area (Å²) in [6.45, 7) is -0.0329. The minimum absolute atomic E-state index is 0.0329. The summed E-state index contributed by atoms with van der Waals surface area (Å²) < 4.78 is 30.0. The van der Waals surface area contributed by atoms with Crippen molar-refractivity contribution in [1.82, 2.24) is 4.72 Å². The predicted octanol–water partition coefficient (Wildman–Crippen LogP) is 0.461. The molecule has 0 aliphatic heterocycles. The lowest BCUT2D eigenvalue weighted by molar-refractivity contribution is -0.140. The van der Waals surface area contributed by atoms with E-state index in [4.69, 9.17) is 5.26 Å². The summed E-state index contributed by atoms with van der Waals surface area (Å²) in [4.78, 5) is 11.1. The minimum atomic E-state index is -3.64. The summed E-state index contributed by atoms with van der Waals surface area (Å²) in [7, 11) is -2.41. The third-order valence-electron chi connectivity index (χ3n) is 1.81. The smallest absolute Gasteiger partial charge is 0.306 e. The molecule has 0 amide bonds. The quantitative estimate of drug-likeness (QED) is 0.787. The number of carbonyl (C=O) groups excluding carboxylic acids is 1. The fraction of sp³-hybridized carbons (Fsp3) is 0.333. The van der Waals surface area contributed by atoms with E-state index in [1.54, 1.807) is 0 Å². The normalized spacial score (nSPS) is 10.8. The van der Waals surface area contributed by atoms with Crippen molar-refractivity contribution in [2.75, 3.05) is 13.7 Å². The first-order chi connectivity index (χ1) is 7.99. The molecule has 92 valence electrons. The fourth-order valence-corrected chi connectivity index (χ4v) is 3.17. The number of rotatable bonds is 5. The molecule has 0 saturated heterocycles. The predicted molar refractivity (Wildman–Crippen MR) is 60.9 cm³/mol. The largest absolute Gasteiger partial charge is 0.469 e. The van der Waals surface area contributed by atoms with Crippen molar-refractivity contribution in [2.45, 2.75) is 10.6 Å². The number of methoxy groups -OCH3 is 1. The molecular weight excluding hydrogens is 264 g/mol. The van der Waals surface area contributed by atoms with E-state index in [2.05, 4.69) is 9.46 Å². The van der Waals surface area contributed by atoms with Gasteiger partial charge in [0.1, 0.15) is 15.2 Å². The molecule has 0 fully saturated rings. The number of nitriles is 1. The number of hydrogen-bond acceptors (Lipinski definition) is 6. The van der Waals surface area contributed by atoms with Crippen molar-refractivity contribution in [2.24, 2.45) is 0 Å². The number of nitrogens with zero attached hydrogens (tertiary/aromatic N) is 1. The van der Waals surface area contributed by atoms with Gasteiger partial charge in [-0.25, -0.2) is 13.1 Å². The highest BCUT2D eigenvalue weighted by atomic mass is 32.2. The van der Waals surface area contributed by atoms with Crippen molar-refractivity contribution in [3.8, 4) is 6.07 Å². The number of hydrogen-bond donors (Lipinski definition) is 1. The molecule has 0 atom stereocenters. The molecule has 8 heteroatoms. The SMILES string of the molecule is COC(=O)CCNS(=O)(=O)c1ccc(C#N)s1. The summed E-state index contributed by atoms with van der Waals surface area (Å²) in [5, 5.41) is 8.58. The third kappa shape index (κ3) is 3.81. The second-order valence-corrected chi connectivity index (χ2v) is 6.03. The number of carbonyl (C=O) groups is 1. The van der Waals surface area contributed by atoms with Crippen LogP contribution >= 0.6 is 11.3 Å². The van der Waals surface area contributed by atoms with Gasteiger partial charge in [-0.1, -0.05) is 0 Å². The van der Waals surface area contributed by atoms with Crippen LogP contribution in [0.25, 0.3) is 0 Å². The summed E-state index contributed by atoms with van der Waals surface area (Å²) >= 11 is 0.877. The van der Waals surface area contributed by atoms with Crippen LogP contribution in [0.5, 0.6) is 0 Å². The van der Waals surface area contributed by atoms with Gasteiger partial charge < -0.3 is 4.74 Å². The molecule has 1 aromatic heterocycles. The number of ether oxygens (including phenoxy) is 1. The molecule has 1 N–H and O–H groups in total. The molecule has 0 aromatic carbocycles. The lowest BCUT2D eigenvalue weighted by atomic mass is 10.4. The Hall–Kier alpha value is -1.43. The standard InChI is InChI=1S/C9H10N2O4S2/c1-15-8(12)4-5-11-17(13,14)9-3-2-7(6-10)16-9/h2-3,11H,4-5H2,1H3. The van der Waals surface area contributed by atoms with Crippen LogP contribution in [0.1, 0.15) is 11.3 Å². The van der Waals surface area contributed by atoms with Gasteiger partial charge in [0, 0.05) is 6.54 Å². The molecule has 0 bridgehead atoms. The number of sulfonamides is 1. The van der Waals surface area contributed by atoms with Crippen molar-refractivity contribution in [3.05, 3.63) is 17.0 Å². The van der Waals surface area contributed by atoms with Gasteiger partial charge in [0.25, 0.3) is 0 Å². The minimum Gasteiger partial charge on any atom is -0.469 e. The summed E-state index contributed by atoms with van der Waals surface area (Å²) in [5.41, 5.74) is 0. The van der Waals surface area contributed by atoms with Gasteiger partial charge in [0.05, 0.1) is 13.5 Å². The molecule has 0 radical (unpaired) electrons. The van der Waals surface area contributed by atoms with E-state index in [0.717, 1.165) is 11.3 Å². The first-order valence-electron chi connectivity index (χ1n) is 4.56. The van der Waals surface area contributed by atoms with Crippen LogP contribution in [0.2, 0.25) is 0 Å². The highest BCUT2D eigenvalue weighted by Crippen LogP contribution is 2.20. The molecule has 1 aromatic rings. The zero-order valence-electron chi connectivity index (χ0n) is 8.97. The Morgan fingerprint density at radius 1 is 1.59 bits per heavy atom. The summed E-state index contributed by atoms with van der Waals surface area (Å²) in [6, 6.07) is 4.64. The van der Waals surface area contributed by atoms with Gasteiger partial charge in [0.2, 0.25) is 10.0 Å². The average molecular weight is 274 g/mol. The number of esters is 1. The molecule has 0 aliphatic carbocycles. The van der Waals surface area contributed by atoms with E-state index in [1.807, 2.05) is 6.07 Å². The van der Waals surface area contributed by atoms with Crippen LogP contribution in [0.15, 0.2) is 16.3 Å². The molecule has 17 heavy (non-hydrogen) atoms. The van der Waals surface area contributed by atoms with Crippen LogP contribution in [0, 0.1) is 11.3 Å². The van der Waals surface area contributed by atoms with E-state index in [9.17, 15) is 13.2 Å². The maximum Gasteiger partial charge on any atom is 0.306 e. The maximum atomic E-state index is 11.7. The number of nitrogens with one attached hydrogen (secondary N) is 1. The second kappa shape index (κ2) is 5.77. The van der Waals surface area contributed by atoms with Crippen LogP contribution in [-0.4, -0.2) is 28.0 Å². The molecule has 1 heterocycles. The monoisotopic (exact) mass is 274 g/mol. The van der Waals surface area contributed by atoms with Gasteiger partial charge in [-0.3, -0.25) is 4.79 Å². The van der Waals surface area contributed by atoms with Gasteiger partial charge in [-0.15, -0.1) is 11.3 Å². The number of thiophene rings is 1. The van der Waals surface area contributed by atoms with Crippen LogP contribution in [0.3, 0.4) is 0 Å². The second-order valence-electron chi connectivity index (χ2n) is 2.95. The van der Waals surface area contributed by atoms with Gasteiger partial charge in [0.15, 0.2) is 0 Å². The Labute approximate surface area is 103 Å². The van der Waals surface area contributed by atoms with Crippen LogP contribution in [0.4, 0.5) is 0 Å². The van der Waals surface area contributed by atoms with E-state index < -0.39 is 16.0 Å². The molecule has 6 nitrogen and oxygen atoms in total. The van der Waals surface area contributed by atoms with Gasteiger partial charge in [-0.2, -0.15) is 5.26 Å².